The van der Waals surface area contributed by atoms with Gasteiger partial charge in [-0.3, -0.25) is 0 Å². The third-order valence-electron chi connectivity index (χ3n) is 3.32. The second-order valence-electron chi connectivity index (χ2n) is 4.44. The molecule has 0 bridgehead atoms. The number of hydrogen-bond donors (Lipinski definition) is 1. The van der Waals surface area contributed by atoms with Crippen LogP contribution in [0.5, 0.6) is 0 Å². The lowest BCUT2D eigenvalue weighted by atomic mass is 9.86. The van der Waals surface area contributed by atoms with Crippen LogP contribution in [0.15, 0.2) is 57.7 Å². The SMILES string of the molecule is C=CCC1C=CC=C2N=C3N=C(C(=O)O)CC3=C21. The molecule has 2 heterocycles. The first kappa shape index (κ1) is 10.9. The molecule has 0 aromatic rings. The minimum atomic E-state index is -0.961. The number of carbonyl (C=O) groups is 1. The molecule has 1 unspecified atom stereocenters. The summed E-state index contributed by atoms with van der Waals surface area (Å²) in [5, 5.41) is 8.98. The van der Waals surface area contributed by atoms with Crippen molar-refractivity contribution in [3.63, 3.8) is 0 Å². The number of hydrogen-bond acceptors (Lipinski definition) is 3. The van der Waals surface area contributed by atoms with E-state index in [-0.39, 0.29) is 11.6 Å². The Morgan fingerprint density at radius 3 is 3.11 bits per heavy atom. The van der Waals surface area contributed by atoms with Gasteiger partial charge in [-0.05, 0) is 18.1 Å². The Hall–Kier alpha value is -2.23. The first-order valence-corrected chi connectivity index (χ1v) is 5.83. The summed E-state index contributed by atoms with van der Waals surface area (Å²) >= 11 is 0. The molecule has 0 amide bonds. The van der Waals surface area contributed by atoms with E-state index >= 15 is 0 Å². The normalized spacial score (nSPS) is 24.2. The van der Waals surface area contributed by atoms with Gasteiger partial charge in [0.1, 0.15) is 5.71 Å². The predicted octanol–water partition coefficient (Wildman–Crippen LogP) is 2.27. The van der Waals surface area contributed by atoms with Crippen LogP contribution in [0.1, 0.15) is 12.8 Å². The average Bonchev–Trinajstić information content (AvgIpc) is 2.86. The van der Waals surface area contributed by atoms with Crippen LogP contribution in [0, 0.1) is 5.92 Å². The lowest BCUT2D eigenvalue weighted by Gasteiger charge is -2.17. The van der Waals surface area contributed by atoms with Gasteiger partial charge >= 0.3 is 5.97 Å². The predicted molar refractivity (Wildman–Crippen MR) is 69.7 cm³/mol. The number of rotatable bonds is 3. The van der Waals surface area contributed by atoms with Crippen LogP contribution in [0.25, 0.3) is 0 Å². The fourth-order valence-electron chi connectivity index (χ4n) is 2.54. The average molecular weight is 240 g/mol. The second kappa shape index (κ2) is 3.91. The molecule has 1 aliphatic carbocycles. The maximum absolute atomic E-state index is 10.9. The van der Waals surface area contributed by atoms with E-state index < -0.39 is 5.97 Å². The molecule has 4 heteroatoms. The van der Waals surface area contributed by atoms with Crippen LogP contribution in [-0.4, -0.2) is 22.6 Å². The molecule has 1 N–H and O–H groups in total. The van der Waals surface area contributed by atoms with Gasteiger partial charge in [-0.15, -0.1) is 6.58 Å². The summed E-state index contributed by atoms with van der Waals surface area (Å²) in [5.74, 6) is -0.147. The maximum atomic E-state index is 10.9. The summed E-state index contributed by atoms with van der Waals surface area (Å²) in [6.07, 6.45) is 9.12. The fourth-order valence-corrected chi connectivity index (χ4v) is 2.54. The Kier molecular flexibility index (Phi) is 2.37. The molecule has 0 saturated heterocycles. The molecule has 3 aliphatic rings. The number of amidine groups is 1. The van der Waals surface area contributed by atoms with Crippen molar-refractivity contribution in [1.29, 1.82) is 0 Å². The lowest BCUT2D eigenvalue weighted by Crippen LogP contribution is -2.11. The zero-order valence-corrected chi connectivity index (χ0v) is 9.76. The minimum Gasteiger partial charge on any atom is -0.477 e. The molecule has 0 saturated carbocycles. The number of fused-ring (bicyclic) bond motifs is 2. The number of aliphatic imine (C=N–C) groups is 2. The van der Waals surface area contributed by atoms with Gasteiger partial charge in [0.05, 0.1) is 5.70 Å². The van der Waals surface area contributed by atoms with E-state index in [1.165, 1.54) is 0 Å². The topological polar surface area (TPSA) is 62.0 Å². The highest BCUT2D eigenvalue weighted by Crippen LogP contribution is 2.40. The van der Waals surface area contributed by atoms with E-state index in [9.17, 15) is 4.79 Å². The molecular formula is C14H12N2O2. The van der Waals surface area contributed by atoms with Crippen LogP contribution in [0.3, 0.4) is 0 Å². The number of nitrogens with zero attached hydrogens (tertiary/aromatic N) is 2. The van der Waals surface area contributed by atoms with Crippen molar-refractivity contribution in [3.05, 3.63) is 47.7 Å². The molecular weight excluding hydrogens is 228 g/mol. The smallest absolute Gasteiger partial charge is 0.350 e. The number of carboxylic acids is 1. The Balaban J connectivity index is 2.03. The summed E-state index contributed by atoms with van der Waals surface area (Å²) in [6.45, 7) is 3.76. The van der Waals surface area contributed by atoms with E-state index in [0.717, 1.165) is 23.3 Å². The van der Waals surface area contributed by atoms with Crippen LogP contribution in [0.2, 0.25) is 0 Å². The first-order valence-electron chi connectivity index (χ1n) is 5.83. The van der Waals surface area contributed by atoms with E-state index in [1.54, 1.807) is 0 Å². The third-order valence-corrected chi connectivity index (χ3v) is 3.32. The van der Waals surface area contributed by atoms with Gasteiger partial charge in [0.25, 0.3) is 0 Å². The Labute approximate surface area is 104 Å². The van der Waals surface area contributed by atoms with Crippen LogP contribution >= 0.6 is 0 Å². The molecule has 18 heavy (non-hydrogen) atoms. The van der Waals surface area contributed by atoms with Gasteiger partial charge < -0.3 is 5.11 Å². The van der Waals surface area contributed by atoms with E-state index in [1.807, 2.05) is 18.2 Å². The van der Waals surface area contributed by atoms with Crippen molar-refractivity contribution >= 4 is 17.5 Å². The minimum absolute atomic E-state index is 0.183. The van der Waals surface area contributed by atoms with E-state index in [0.29, 0.717) is 12.3 Å². The summed E-state index contributed by atoms with van der Waals surface area (Å²) in [6, 6.07) is 0. The molecule has 3 rings (SSSR count). The summed E-state index contributed by atoms with van der Waals surface area (Å²) < 4.78 is 0. The molecule has 0 aromatic heterocycles. The van der Waals surface area contributed by atoms with Crippen molar-refractivity contribution in [2.24, 2.45) is 15.9 Å². The van der Waals surface area contributed by atoms with Crippen LogP contribution in [0.4, 0.5) is 0 Å². The molecule has 0 spiro atoms. The zero-order chi connectivity index (χ0) is 12.7. The lowest BCUT2D eigenvalue weighted by molar-refractivity contribution is -0.129. The largest absolute Gasteiger partial charge is 0.477 e. The number of aliphatic carboxylic acids is 1. The standard InChI is InChI=1S/C14H12N2O2/c1-2-4-8-5-3-6-10-12(8)9-7-11(14(17)18)16-13(9)15-10/h2-3,5-6,8H,1,4,7H2,(H,17,18). The Morgan fingerprint density at radius 2 is 2.39 bits per heavy atom. The third kappa shape index (κ3) is 1.49. The quantitative estimate of drug-likeness (QED) is 0.769. The molecule has 2 aliphatic heterocycles. The van der Waals surface area contributed by atoms with E-state index in [4.69, 9.17) is 5.11 Å². The number of allylic oxidation sites excluding steroid dienone is 5. The van der Waals surface area contributed by atoms with Gasteiger partial charge in [0, 0.05) is 17.9 Å². The molecule has 0 fully saturated rings. The Bertz CT molecular complexity index is 603. The van der Waals surface area contributed by atoms with Gasteiger partial charge in [-0.1, -0.05) is 18.2 Å². The second-order valence-corrected chi connectivity index (χ2v) is 4.44. The molecule has 90 valence electrons. The molecule has 1 atom stereocenters. The maximum Gasteiger partial charge on any atom is 0.350 e. The van der Waals surface area contributed by atoms with Gasteiger partial charge in [-0.25, -0.2) is 14.8 Å². The van der Waals surface area contributed by atoms with Crippen molar-refractivity contribution in [2.75, 3.05) is 0 Å². The van der Waals surface area contributed by atoms with Crippen molar-refractivity contribution < 1.29 is 9.90 Å². The highest BCUT2D eigenvalue weighted by molar-refractivity contribution is 6.42. The summed E-state index contributed by atoms with van der Waals surface area (Å²) in [7, 11) is 0. The fraction of sp³-hybridized carbons (Fsp3) is 0.214. The Morgan fingerprint density at radius 1 is 1.56 bits per heavy atom. The van der Waals surface area contributed by atoms with Crippen LogP contribution in [-0.2, 0) is 4.79 Å². The van der Waals surface area contributed by atoms with Crippen molar-refractivity contribution in [2.45, 2.75) is 12.8 Å². The molecule has 0 radical (unpaired) electrons. The number of carboxylic acid groups (broad SMARTS) is 1. The van der Waals surface area contributed by atoms with Crippen molar-refractivity contribution in [3.8, 4) is 0 Å². The van der Waals surface area contributed by atoms with E-state index in [2.05, 4.69) is 22.6 Å². The monoisotopic (exact) mass is 240 g/mol. The van der Waals surface area contributed by atoms with Gasteiger partial charge in [0.2, 0.25) is 0 Å². The first-order chi connectivity index (χ1) is 8.70. The molecule has 0 aromatic carbocycles. The van der Waals surface area contributed by atoms with Gasteiger partial charge in [-0.2, -0.15) is 0 Å². The highest BCUT2D eigenvalue weighted by atomic mass is 16.4. The summed E-state index contributed by atoms with van der Waals surface area (Å²) in [5.41, 5.74) is 3.19. The van der Waals surface area contributed by atoms with Crippen LogP contribution < -0.4 is 0 Å². The summed E-state index contributed by atoms with van der Waals surface area (Å²) in [4.78, 5) is 19.4. The zero-order valence-electron chi connectivity index (χ0n) is 9.76. The molecule has 4 nitrogen and oxygen atoms in total. The van der Waals surface area contributed by atoms with Gasteiger partial charge in [0.15, 0.2) is 5.84 Å². The van der Waals surface area contributed by atoms with Crippen molar-refractivity contribution in [1.82, 2.24) is 0 Å². The highest BCUT2D eigenvalue weighted by Gasteiger charge is 2.34.